The van der Waals surface area contributed by atoms with Crippen LogP contribution in [0.4, 0.5) is 4.79 Å². The normalized spacial score (nSPS) is 23.2. The zero-order valence-corrected chi connectivity index (χ0v) is 14.1. The Balaban J connectivity index is 1.55. The second-order valence-electron chi connectivity index (χ2n) is 6.05. The zero-order valence-electron chi connectivity index (χ0n) is 13.3. The average molecular weight is 338 g/mol. The molecule has 1 aromatic heterocycles. The Hall–Kier alpha value is -1.54. The fourth-order valence-corrected chi connectivity index (χ4v) is 3.96. The molecule has 23 heavy (non-hydrogen) atoms. The quantitative estimate of drug-likeness (QED) is 0.876. The first kappa shape index (κ1) is 16.3. The Morgan fingerprint density at radius 3 is 2.78 bits per heavy atom. The molecular formula is C15H22N4O3S. The van der Waals surface area contributed by atoms with E-state index in [1.165, 1.54) is 4.90 Å². The van der Waals surface area contributed by atoms with Crippen LogP contribution in [-0.2, 0) is 16.0 Å². The van der Waals surface area contributed by atoms with E-state index in [-0.39, 0.29) is 17.9 Å². The summed E-state index contributed by atoms with van der Waals surface area (Å²) in [6.07, 6.45) is 3.24. The van der Waals surface area contributed by atoms with Crippen LogP contribution in [-0.4, -0.2) is 53.3 Å². The van der Waals surface area contributed by atoms with Crippen molar-refractivity contribution in [3.63, 3.8) is 0 Å². The maximum Gasteiger partial charge on any atom is 0.324 e. The summed E-state index contributed by atoms with van der Waals surface area (Å²) in [6, 6.07) is -0.272. The first-order valence-electron chi connectivity index (χ1n) is 8.11. The van der Waals surface area contributed by atoms with Gasteiger partial charge in [-0.3, -0.25) is 9.69 Å². The number of rotatable bonds is 5. The third-order valence-electron chi connectivity index (χ3n) is 4.48. The van der Waals surface area contributed by atoms with E-state index >= 15 is 0 Å². The Morgan fingerprint density at radius 2 is 2.09 bits per heavy atom. The number of amides is 3. The van der Waals surface area contributed by atoms with Crippen LogP contribution < -0.4 is 5.32 Å². The fraction of sp³-hybridized carbons (Fsp3) is 0.733. The predicted molar refractivity (Wildman–Crippen MR) is 85.1 cm³/mol. The van der Waals surface area contributed by atoms with Crippen LogP contribution in [0.3, 0.4) is 0 Å². The van der Waals surface area contributed by atoms with Gasteiger partial charge in [-0.25, -0.2) is 4.79 Å². The molecule has 2 aliphatic heterocycles. The average Bonchev–Trinajstić information content (AvgIpc) is 2.97. The summed E-state index contributed by atoms with van der Waals surface area (Å²) in [5, 5.41) is 12.8. The number of ether oxygens (including phenoxy) is 1. The minimum absolute atomic E-state index is 0.0332. The van der Waals surface area contributed by atoms with Crippen LogP contribution in [0, 0.1) is 18.8 Å². The molecule has 1 N–H and O–H groups in total. The smallest absolute Gasteiger partial charge is 0.324 e. The molecule has 126 valence electrons. The van der Waals surface area contributed by atoms with E-state index in [1.54, 1.807) is 11.3 Å². The summed E-state index contributed by atoms with van der Waals surface area (Å²) in [5.41, 5.74) is 0. The van der Waals surface area contributed by atoms with E-state index in [0.29, 0.717) is 38.6 Å². The SMILES string of the molecule is Cc1nnc(CCCN2C(=O)NCC(C3CCOCC3)C2=O)s1. The number of aryl methyl sites for hydroxylation is 2. The summed E-state index contributed by atoms with van der Waals surface area (Å²) in [4.78, 5) is 26.1. The van der Waals surface area contributed by atoms with Gasteiger partial charge in [0, 0.05) is 32.7 Å². The van der Waals surface area contributed by atoms with Crippen LogP contribution in [0.5, 0.6) is 0 Å². The molecule has 1 atom stereocenters. The minimum atomic E-state index is -0.272. The molecule has 7 nitrogen and oxygen atoms in total. The van der Waals surface area contributed by atoms with Gasteiger partial charge in [0.2, 0.25) is 5.91 Å². The first-order chi connectivity index (χ1) is 11.1. The highest BCUT2D eigenvalue weighted by Crippen LogP contribution is 2.27. The van der Waals surface area contributed by atoms with Crippen LogP contribution in [0.15, 0.2) is 0 Å². The molecule has 1 aromatic rings. The van der Waals surface area contributed by atoms with Crippen LogP contribution in [0.1, 0.15) is 29.3 Å². The van der Waals surface area contributed by atoms with Crippen molar-refractivity contribution in [3.8, 4) is 0 Å². The lowest BCUT2D eigenvalue weighted by Crippen LogP contribution is -2.57. The number of aromatic nitrogens is 2. The molecule has 0 aliphatic carbocycles. The monoisotopic (exact) mass is 338 g/mol. The number of nitrogens with one attached hydrogen (secondary N) is 1. The van der Waals surface area contributed by atoms with Gasteiger partial charge >= 0.3 is 6.03 Å². The van der Waals surface area contributed by atoms with Crippen molar-refractivity contribution in [2.45, 2.75) is 32.6 Å². The molecular weight excluding hydrogens is 316 g/mol. The van der Waals surface area contributed by atoms with Gasteiger partial charge in [0.05, 0.1) is 5.92 Å². The van der Waals surface area contributed by atoms with Crippen molar-refractivity contribution in [1.82, 2.24) is 20.4 Å². The summed E-state index contributed by atoms with van der Waals surface area (Å²) in [7, 11) is 0. The minimum Gasteiger partial charge on any atom is -0.381 e. The van der Waals surface area contributed by atoms with Gasteiger partial charge < -0.3 is 10.1 Å². The van der Waals surface area contributed by atoms with E-state index in [2.05, 4.69) is 15.5 Å². The molecule has 2 saturated heterocycles. The maximum absolute atomic E-state index is 12.7. The number of carbonyl (C=O) groups excluding carboxylic acids is 2. The van der Waals surface area contributed by atoms with E-state index in [4.69, 9.17) is 4.74 Å². The lowest BCUT2D eigenvalue weighted by molar-refractivity contribution is -0.137. The van der Waals surface area contributed by atoms with Crippen molar-refractivity contribution >= 4 is 23.3 Å². The topological polar surface area (TPSA) is 84.4 Å². The highest BCUT2D eigenvalue weighted by molar-refractivity contribution is 7.11. The first-order valence-corrected chi connectivity index (χ1v) is 8.92. The third kappa shape index (κ3) is 3.87. The highest BCUT2D eigenvalue weighted by Gasteiger charge is 2.38. The molecule has 8 heteroatoms. The van der Waals surface area contributed by atoms with Crippen LogP contribution >= 0.6 is 11.3 Å². The van der Waals surface area contributed by atoms with Crippen LogP contribution in [0.2, 0.25) is 0 Å². The van der Waals surface area contributed by atoms with Gasteiger partial charge in [0.1, 0.15) is 10.0 Å². The molecule has 0 radical (unpaired) electrons. The Bertz CT molecular complexity index is 571. The molecule has 0 aromatic carbocycles. The third-order valence-corrected chi connectivity index (χ3v) is 5.38. The van der Waals surface area contributed by atoms with Gasteiger partial charge in [-0.1, -0.05) is 0 Å². The van der Waals surface area contributed by atoms with Gasteiger partial charge in [-0.2, -0.15) is 0 Å². The van der Waals surface area contributed by atoms with Gasteiger partial charge in [0.15, 0.2) is 0 Å². The maximum atomic E-state index is 12.7. The number of urea groups is 1. The van der Waals surface area contributed by atoms with E-state index < -0.39 is 0 Å². The predicted octanol–water partition coefficient (Wildman–Crippen LogP) is 1.37. The number of carbonyl (C=O) groups is 2. The van der Waals surface area contributed by atoms with Gasteiger partial charge in [-0.05, 0) is 32.1 Å². The molecule has 0 spiro atoms. The Labute approximate surface area is 139 Å². The van der Waals surface area contributed by atoms with E-state index in [0.717, 1.165) is 29.3 Å². The Morgan fingerprint density at radius 1 is 1.30 bits per heavy atom. The van der Waals surface area contributed by atoms with Crippen molar-refractivity contribution < 1.29 is 14.3 Å². The van der Waals surface area contributed by atoms with E-state index in [9.17, 15) is 9.59 Å². The number of hydrogen-bond donors (Lipinski definition) is 1. The summed E-state index contributed by atoms with van der Waals surface area (Å²) in [6.45, 7) is 4.22. The summed E-state index contributed by atoms with van der Waals surface area (Å²) < 4.78 is 5.37. The van der Waals surface area contributed by atoms with Crippen molar-refractivity contribution in [1.29, 1.82) is 0 Å². The second-order valence-corrected chi connectivity index (χ2v) is 7.32. The Kier molecular flexibility index (Phi) is 5.22. The summed E-state index contributed by atoms with van der Waals surface area (Å²) >= 11 is 1.56. The summed E-state index contributed by atoms with van der Waals surface area (Å²) in [5.74, 6) is 0.166. The second kappa shape index (κ2) is 7.35. The van der Waals surface area contributed by atoms with Crippen molar-refractivity contribution in [2.24, 2.45) is 11.8 Å². The largest absolute Gasteiger partial charge is 0.381 e. The van der Waals surface area contributed by atoms with Gasteiger partial charge in [0.25, 0.3) is 0 Å². The lowest BCUT2D eigenvalue weighted by atomic mass is 9.84. The fourth-order valence-electron chi connectivity index (χ4n) is 3.21. The number of imide groups is 1. The van der Waals surface area contributed by atoms with Crippen molar-refractivity contribution in [2.75, 3.05) is 26.3 Å². The van der Waals surface area contributed by atoms with Crippen molar-refractivity contribution in [3.05, 3.63) is 10.0 Å². The molecule has 3 amide bonds. The standard InChI is InChI=1S/C15H22N4O3S/c1-10-17-18-13(23-10)3-2-6-19-14(20)12(9-16-15(19)21)11-4-7-22-8-5-11/h11-12H,2-9H2,1H3,(H,16,21). The van der Waals surface area contributed by atoms with E-state index in [1.807, 2.05) is 6.92 Å². The molecule has 1 unspecified atom stereocenters. The highest BCUT2D eigenvalue weighted by atomic mass is 32.1. The number of hydrogen-bond acceptors (Lipinski definition) is 6. The van der Waals surface area contributed by atoms with Crippen LogP contribution in [0.25, 0.3) is 0 Å². The molecule has 0 saturated carbocycles. The molecule has 2 aliphatic rings. The van der Waals surface area contributed by atoms with Gasteiger partial charge in [-0.15, -0.1) is 21.5 Å². The molecule has 0 bridgehead atoms. The molecule has 3 heterocycles. The lowest BCUT2D eigenvalue weighted by Gasteiger charge is -2.36. The molecule has 2 fully saturated rings. The zero-order chi connectivity index (χ0) is 16.2. The molecule has 3 rings (SSSR count). The number of nitrogens with zero attached hydrogens (tertiary/aromatic N) is 3.